The van der Waals surface area contributed by atoms with Crippen LogP contribution >= 0.6 is 46.4 Å². The van der Waals surface area contributed by atoms with Gasteiger partial charge in [-0.1, -0.05) is 46.4 Å². The maximum absolute atomic E-state index is 5.56. The molecule has 0 saturated carbocycles. The molecule has 2 nitrogen and oxygen atoms in total. The number of allylic oxidation sites excluding steroid dienone is 1. The van der Waals surface area contributed by atoms with Crippen molar-refractivity contribution in [2.45, 2.75) is 0 Å². The largest absolute Gasteiger partial charge is 0.172 e. The predicted molar refractivity (Wildman–Crippen MR) is 42.3 cm³/mol. The molecule has 0 N–H and O–H groups in total. The molecular formula is C4Cl4N2. The van der Waals surface area contributed by atoms with Crippen LogP contribution in [0.4, 0.5) is 0 Å². The summed E-state index contributed by atoms with van der Waals surface area (Å²) in [6, 6.07) is 0. The van der Waals surface area contributed by atoms with Crippen LogP contribution in [0.3, 0.4) is 0 Å². The van der Waals surface area contributed by atoms with Gasteiger partial charge >= 0.3 is 0 Å². The summed E-state index contributed by atoms with van der Waals surface area (Å²) in [5, 5.41) is 7.22. The Labute approximate surface area is 77.1 Å². The van der Waals surface area contributed by atoms with Crippen molar-refractivity contribution in [3.8, 4) is 0 Å². The zero-order valence-corrected chi connectivity index (χ0v) is 7.43. The molecule has 0 aromatic heterocycles. The summed E-state index contributed by atoms with van der Waals surface area (Å²) in [6.45, 7) is 0. The van der Waals surface area contributed by atoms with Gasteiger partial charge in [-0.15, -0.1) is 10.2 Å². The maximum Gasteiger partial charge on any atom is 0.172 e. The van der Waals surface area contributed by atoms with Crippen LogP contribution in [0.2, 0.25) is 0 Å². The Hall–Kier alpha value is 0.240. The highest BCUT2D eigenvalue weighted by Crippen LogP contribution is 2.35. The zero-order valence-electron chi connectivity index (χ0n) is 4.41. The Bertz CT molecular complexity index is 248. The van der Waals surface area contributed by atoms with E-state index in [4.69, 9.17) is 46.4 Å². The van der Waals surface area contributed by atoms with Crippen LogP contribution in [0.25, 0.3) is 0 Å². The Morgan fingerprint density at radius 1 is 1.10 bits per heavy atom. The average molecular weight is 218 g/mol. The molecule has 0 bridgehead atoms. The third-order valence-electron chi connectivity index (χ3n) is 0.806. The topological polar surface area (TPSA) is 24.7 Å². The van der Waals surface area contributed by atoms with Gasteiger partial charge in [0.25, 0.3) is 0 Å². The quantitative estimate of drug-likeness (QED) is 0.553. The third kappa shape index (κ3) is 1.45. The minimum Gasteiger partial charge on any atom is -0.145 e. The van der Waals surface area contributed by atoms with E-state index >= 15 is 0 Å². The van der Waals surface area contributed by atoms with Crippen LogP contribution in [0.1, 0.15) is 0 Å². The van der Waals surface area contributed by atoms with Crippen LogP contribution in [-0.4, -0.2) is 0 Å². The van der Waals surface area contributed by atoms with Gasteiger partial charge in [0, 0.05) is 0 Å². The molecule has 0 fully saturated rings. The van der Waals surface area contributed by atoms with Crippen LogP contribution in [-0.2, 0) is 0 Å². The van der Waals surface area contributed by atoms with Gasteiger partial charge in [0.05, 0.1) is 0 Å². The monoisotopic (exact) mass is 216 g/mol. The smallest absolute Gasteiger partial charge is 0.145 e. The molecule has 0 aliphatic carbocycles. The van der Waals surface area contributed by atoms with Gasteiger partial charge in [0.1, 0.15) is 15.2 Å². The fourth-order valence-corrected chi connectivity index (χ4v) is 1.06. The van der Waals surface area contributed by atoms with Crippen LogP contribution < -0.4 is 0 Å². The molecule has 0 amide bonds. The predicted octanol–water partition coefficient (Wildman–Crippen LogP) is 3.75. The first-order valence-corrected chi connectivity index (χ1v) is 3.67. The molecular weight excluding hydrogens is 218 g/mol. The van der Waals surface area contributed by atoms with Gasteiger partial charge in [0.2, 0.25) is 0 Å². The molecule has 0 unspecified atom stereocenters. The highest BCUT2D eigenvalue weighted by atomic mass is 35.5. The average Bonchev–Trinajstić information content (AvgIpc) is 2.14. The van der Waals surface area contributed by atoms with Gasteiger partial charge in [-0.05, 0) is 0 Å². The molecule has 0 radical (unpaired) electrons. The van der Waals surface area contributed by atoms with E-state index in [1.165, 1.54) is 0 Å². The lowest BCUT2D eigenvalue weighted by atomic mass is 10.5. The van der Waals surface area contributed by atoms with Crippen molar-refractivity contribution in [3.05, 3.63) is 20.4 Å². The Morgan fingerprint density at radius 2 is 1.70 bits per heavy atom. The highest BCUT2D eigenvalue weighted by molar-refractivity contribution is 6.57. The highest BCUT2D eigenvalue weighted by Gasteiger charge is 2.16. The molecule has 0 atom stereocenters. The Morgan fingerprint density at radius 3 is 1.90 bits per heavy atom. The molecule has 0 aromatic carbocycles. The number of nitrogens with zero attached hydrogens (tertiary/aromatic N) is 2. The van der Waals surface area contributed by atoms with Crippen LogP contribution in [0.5, 0.6) is 0 Å². The van der Waals surface area contributed by atoms with Crippen LogP contribution in [0, 0.1) is 0 Å². The first-order chi connectivity index (χ1) is 4.63. The molecule has 1 heterocycles. The molecule has 6 heteroatoms. The molecule has 0 saturated heterocycles. The van der Waals surface area contributed by atoms with Crippen molar-refractivity contribution in [1.82, 2.24) is 0 Å². The minimum atomic E-state index is -0.0376. The van der Waals surface area contributed by atoms with Gasteiger partial charge in [0.15, 0.2) is 5.16 Å². The summed E-state index contributed by atoms with van der Waals surface area (Å²) < 4.78 is -0.0376. The Balaban J connectivity index is 3.11. The minimum absolute atomic E-state index is 0.0376. The van der Waals surface area contributed by atoms with Crippen molar-refractivity contribution in [2.75, 3.05) is 0 Å². The molecule has 0 spiro atoms. The summed E-state index contributed by atoms with van der Waals surface area (Å²) in [6.07, 6.45) is 0. The van der Waals surface area contributed by atoms with Crippen molar-refractivity contribution < 1.29 is 0 Å². The van der Waals surface area contributed by atoms with Crippen molar-refractivity contribution in [2.24, 2.45) is 10.2 Å². The molecule has 10 heavy (non-hydrogen) atoms. The van der Waals surface area contributed by atoms with E-state index in [0.717, 1.165) is 0 Å². The number of rotatable bonds is 0. The van der Waals surface area contributed by atoms with Crippen LogP contribution in [0.15, 0.2) is 30.6 Å². The van der Waals surface area contributed by atoms with Crippen molar-refractivity contribution in [1.29, 1.82) is 0 Å². The fourth-order valence-electron chi connectivity index (χ4n) is 0.400. The van der Waals surface area contributed by atoms with Gasteiger partial charge in [-0.3, -0.25) is 0 Å². The number of hydrogen-bond acceptors (Lipinski definition) is 2. The molecule has 54 valence electrons. The van der Waals surface area contributed by atoms with E-state index in [9.17, 15) is 0 Å². The van der Waals surface area contributed by atoms with Gasteiger partial charge in [-0.2, -0.15) is 0 Å². The summed E-state index contributed by atoms with van der Waals surface area (Å²) in [5.74, 6) is 0. The molecule has 1 rings (SSSR count). The van der Waals surface area contributed by atoms with E-state index in [2.05, 4.69) is 10.2 Å². The van der Waals surface area contributed by atoms with E-state index < -0.39 is 0 Å². The lowest BCUT2D eigenvalue weighted by molar-refractivity contribution is 1.22. The SMILES string of the molecule is ClC(Cl)=C1N=NC(Cl)=C1Cl. The first kappa shape index (κ1) is 8.34. The first-order valence-electron chi connectivity index (χ1n) is 2.15. The normalized spacial score (nSPS) is 17.0. The second-order valence-corrected chi connectivity index (χ2v) is 3.10. The summed E-state index contributed by atoms with van der Waals surface area (Å²) in [5.41, 5.74) is 0.218. The van der Waals surface area contributed by atoms with Gasteiger partial charge in [-0.25, -0.2) is 0 Å². The maximum atomic E-state index is 5.56. The number of hydrogen-bond donors (Lipinski definition) is 0. The lowest BCUT2D eigenvalue weighted by Gasteiger charge is -1.88. The molecule has 1 aliphatic heterocycles. The summed E-state index contributed by atoms with van der Waals surface area (Å²) in [4.78, 5) is 0. The van der Waals surface area contributed by atoms with E-state index in [1.807, 2.05) is 0 Å². The number of azo groups is 1. The standard InChI is InChI=1S/C4Cl4N2/c5-1-2(3(6)7)9-10-4(1)8. The molecule has 1 aliphatic rings. The van der Waals surface area contributed by atoms with E-state index in [-0.39, 0.29) is 20.4 Å². The van der Waals surface area contributed by atoms with E-state index in [0.29, 0.717) is 0 Å². The van der Waals surface area contributed by atoms with E-state index in [1.54, 1.807) is 0 Å². The zero-order chi connectivity index (χ0) is 7.72. The van der Waals surface area contributed by atoms with Crippen molar-refractivity contribution >= 4 is 46.4 Å². The van der Waals surface area contributed by atoms with Crippen molar-refractivity contribution in [3.63, 3.8) is 0 Å². The Kier molecular flexibility index (Phi) is 2.58. The second-order valence-electron chi connectivity index (χ2n) is 1.41. The second kappa shape index (κ2) is 3.09. The van der Waals surface area contributed by atoms with Gasteiger partial charge < -0.3 is 0 Å². The number of halogens is 4. The lowest BCUT2D eigenvalue weighted by Crippen LogP contribution is -1.73. The fraction of sp³-hybridized carbons (Fsp3) is 0. The summed E-state index contributed by atoms with van der Waals surface area (Å²) >= 11 is 21.7. The molecule has 0 aromatic rings. The summed E-state index contributed by atoms with van der Waals surface area (Å²) in [7, 11) is 0. The third-order valence-corrected chi connectivity index (χ3v) is 1.88.